The molecule has 3 aliphatic rings. The fraction of sp³-hybridized carbons (Fsp3) is 0.700. The van der Waals surface area contributed by atoms with Gasteiger partial charge in [-0.15, -0.1) is 0 Å². The SMILES string of the molecule is CO[C@H]1O[C@@H]2CO[C@H](c3ccccc3)O[C@@H]2[C@@H]2O[C@@](C)(OC)[C@](C)(OC)O[C@@H]12. The summed E-state index contributed by atoms with van der Waals surface area (Å²) in [7, 11) is 4.67. The molecule has 156 valence electrons. The van der Waals surface area contributed by atoms with E-state index in [1.807, 2.05) is 30.3 Å². The van der Waals surface area contributed by atoms with Gasteiger partial charge in [0.05, 0.1) is 6.61 Å². The van der Waals surface area contributed by atoms with E-state index in [4.69, 9.17) is 37.9 Å². The number of ether oxygens (including phenoxy) is 8. The van der Waals surface area contributed by atoms with Crippen molar-refractivity contribution in [3.05, 3.63) is 35.9 Å². The van der Waals surface area contributed by atoms with Gasteiger partial charge in [-0.25, -0.2) is 0 Å². The number of fused-ring (bicyclic) bond motifs is 3. The highest BCUT2D eigenvalue weighted by atomic mass is 16.8. The van der Waals surface area contributed by atoms with Gasteiger partial charge in [-0.3, -0.25) is 0 Å². The smallest absolute Gasteiger partial charge is 0.220 e. The number of hydrogen-bond acceptors (Lipinski definition) is 8. The highest BCUT2D eigenvalue weighted by molar-refractivity contribution is 5.17. The lowest BCUT2D eigenvalue weighted by Crippen LogP contribution is -2.73. The monoisotopic (exact) mass is 396 g/mol. The molecule has 0 bridgehead atoms. The summed E-state index contributed by atoms with van der Waals surface area (Å²) in [6.45, 7) is 3.90. The summed E-state index contributed by atoms with van der Waals surface area (Å²) in [6.07, 6.45) is -3.00. The van der Waals surface area contributed by atoms with E-state index >= 15 is 0 Å². The normalized spacial score (nSPS) is 45.9. The Morgan fingerprint density at radius 3 is 2.11 bits per heavy atom. The molecule has 0 saturated carbocycles. The molecular weight excluding hydrogens is 368 g/mol. The molecular formula is C20H28O8. The van der Waals surface area contributed by atoms with Crippen LogP contribution < -0.4 is 0 Å². The first kappa shape index (κ1) is 20.2. The topological polar surface area (TPSA) is 73.8 Å². The Kier molecular flexibility index (Phi) is 5.49. The zero-order valence-corrected chi connectivity index (χ0v) is 16.8. The van der Waals surface area contributed by atoms with Crippen molar-refractivity contribution < 1.29 is 37.9 Å². The minimum Gasteiger partial charge on any atom is -0.353 e. The fourth-order valence-electron chi connectivity index (χ4n) is 3.98. The highest BCUT2D eigenvalue weighted by Crippen LogP contribution is 2.46. The summed E-state index contributed by atoms with van der Waals surface area (Å²) in [5.74, 6) is -2.30. The lowest BCUT2D eigenvalue weighted by atomic mass is 9.93. The third-order valence-corrected chi connectivity index (χ3v) is 5.91. The molecule has 0 unspecified atom stereocenters. The maximum absolute atomic E-state index is 6.41. The Bertz CT molecular complexity index is 671. The minimum atomic E-state index is -1.15. The van der Waals surface area contributed by atoms with Crippen molar-refractivity contribution in [3.8, 4) is 0 Å². The largest absolute Gasteiger partial charge is 0.353 e. The van der Waals surface area contributed by atoms with Gasteiger partial charge < -0.3 is 37.9 Å². The van der Waals surface area contributed by atoms with Crippen LogP contribution in [0.15, 0.2) is 30.3 Å². The van der Waals surface area contributed by atoms with E-state index in [1.165, 1.54) is 0 Å². The Balaban J connectivity index is 1.63. The molecule has 28 heavy (non-hydrogen) atoms. The van der Waals surface area contributed by atoms with Gasteiger partial charge in [-0.05, 0) is 13.8 Å². The van der Waals surface area contributed by atoms with E-state index in [1.54, 1.807) is 35.2 Å². The third-order valence-electron chi connectivity index (χ3n) is 5.91. The quantitative estimate of drug-likeness (QED) is 0.765. The Morgan fingerprint density at radius 1 is 0.857 bits per heavy atom. The average Bonchev–Trinajstić information content (AvgIpc) is 2.74. The van der Waals surface area contributed by atoms with Gasteiger partial charge >= 0.3 is 0 Å². The molecule has 0 aliphatic carbocycles. The zero-order valence-electron chi connectivity index (χ0n) is 16.8. The number of methoxy groups -OCH3 is 3. The predicted octanol–water partition coefficient (Wildman–Crippen LogP) is 1.98. The van der Waals surface area contributed by atoms with Crippen molar-refractivity contribution in [2.24, 2.45) is 0 Å². The molecule has 8 heteroatoms. The second-order valence-electron chi connectivity index (χ2n) is 7.42. The van der Waals surface area contributed by atoms with Crippen molar-refractivity contribution in [3.63, 3.8) is 0 Å². The van der Waals surface area contributed by atoms with Crippen LogP contribution in [0.25, 0.3) is 0 Å². The molecule has 3 fully saturated rings. The van der Waals surface area contributed by atoms with Crippen molar-refractivity contribution in [2.75, 3.05) is 27.9 Å². The standard InChI is InChI=1S/C20H28O8/c1-19(22-4)20(2,23-5)28-16-15(27-19)14-13(25-18(16)21-3)11-24-17(26-14)12-9-7-6-8-10-12/h6-10,13-18H,11H2,1-5H3/t13-,14+,15+,16-,17+,18+,19-,20-/m1/s1. The molecule has 0 spiro atoms. The second-order valence-corrected chi connectivity index (χ2v) is 7.42. The van der Waals surface area contributed by atoms with Crippen molar-refractivity contribution in [2.45, 2.75) is 62.4 Å². The van der Waals surface area contributed by atoms with Crippen molar-refractivity contribution in [1.29, 1.82) is 0 Å². The summed E-state index contributed by atoms with van der Waals surface area (Å²) in [5.41, 5.74) is 0.930. The van der Waals surface area contributed by atoms with Crippen LogP contribution in [0, 0.1) is 0 Å². The molecule has 0 aromatic heterocycles. The molecule has 8 atom stereocenters. The summed E-state index contributed by atoms with van der Waals surface area (Å²) >= 11 is 0. The predicted molar refractivity (Wildman–Crippen MR) is 96.3 cm³/mol. The van der Waals surface area contributed by atoms with Crippen LogP contribution >= 0.6 is 0 Å². The van der Waals surface area contributed by atoms with Gasteiger partial charge in [-0.2, -0.15) is 0 Å². The van der Waals surface area contributed by atoms with Crippen LogP contribution in [-0.2, 0) is 37.9 Å². The van der Waals surface area contributed by atoms with E-state index < -0.39 is 42.5 Å². The molecule has 3 saturated heterocycles. The number of hydrogen-bond donors (Lipinski definition) is 0. The van der Waals surface area contributed by atoms with Crippen LogP contribution in [0.2, 0.25) is 0 Å². The Hall–Kier alpha value is -1.10. The zero-order chi connectivity index (χ0) is 19.9. The first-order valence-corrected chi connectivity index (χ1v) is 9.41. The molecule has 1 aromatic rings. The van der Waals surface area contributed by atoms with Crippen LogP contribution in [0.5, 0.6) is 0 Å². The van der Waals surface area contributed by atoms with E-state index in [0.717, 1.165) is 5.56 Å². The first-order valence-electron chi connectivity index (χ1n) is 9.41. The van der Waals surface area contributed by atoms with Crippen LogP contribution in [0.4, 0.5) is 0 Å². The van der Waals surface area contributed by atoms with E-state index in [0.29, 0.717) is 6.61 Å². The molecule has 0 amide bonds. The maximum atomic E-state index is 6.41. The molecule has 0 radical (unpaired) electrons. The van der Waals surface area contributed by atoms with Crippen LogP contribution in [-0.4, -0.2) is 70.2 Å². The minimum absolute atomic E-state index is 0.349. The molecule has 3 heterocycles. The Labute approximate surface area is 164 Å². The summed E-state index contributed by atoms with van der Waals surface area (Å²) in [6, 6.07) is 9.77. The fourth-order valence-corrected chi connectivity index (χ4v) is 3.98. The number of benzene rings is 1. The van der Waals surface area contributed by atoms with E-state index in [2.05, 4.69) is 0 Å². The molecule has 4 rings (SSSR count). The summed E-state index contributed by atoms with van der Waals surface area (Å²) in [5, 5.41) is 0. The lowest BCUT2D eigenvalue weighted by molar-refractivity contribution is -0.493. The van der Waals surface area contributed by atoms with Gasteiger partial charge in [0.15, 0.2) is 12.6 Å². The summed E-state index contributed by atoms with van der Waals surface area (Å²) in [4.78, 5) is 0. The number of rotatable bonds is 4. The lowest BCUT2D eigenvalue weighted by Gasteiger charge is -2.58. The highest BCUT2D eigenvalue weighted by Gasteiger charge is 2.63. The van der Waals surface area contributed by atoms with E-state index in [9.17, 15) is 0 Å². The summed E-state index contributed by atoms with van der Waals surface area (Å²) < 4.78 is 47.7. The van der Waals surface area contributed by atoms with Gasteiger partial charge in [0.2, 0.25) is 11.6 Å². The Morgan fingerprint density at radius 2 is 1.50 bits per heavy atom. The van der Waals surface area contributed by atoms with Gasteiger partial charge in [0.1, 0.15) is 24.4 Å². The van der Waals surface area contributed by atoms with Gasteiger partial charge in [0.25, 0.3) is 0 Å². The first-order chi connectivity index (χ1) is 13.4. The molecule has 8 nitrogen and oxygen atoms in total. The molecule has 0 N–H and O–H groups in total. The van der Waals surface area contributed by atoms with Gasteiger partial charge in [-0.1, -0.05) is 30.3 Å². The maximum Gasteiger partial charge on any atom is 0.220 e. The average molecular weight is 396 g/mol. The molecule has 1 aromatic carbocycles. The second kappa shape index (κ2) is 7.62. The molecule has 3 aliphatic heterocycles. The van der Waals surface area contributed by atoms with Crippen molar-refractivity contribution >= 4 is 0 Å². The third kappa shape index (κ3) is 3.18. The van der Waals surface area contributed by atoms with Gasteiger partial charge in [0, 0.05) is 26.9 Å². The van der Waals surface area contributed by atoms with Crippen LogP contribution in [0.1, 0.15) is 25.7 Å². The van der Waals surface area contributed by atoms with Crippen molar-refractivity contribution in [1.82, 2.24) is 0 Å². The van der Waals surface area contributed by atoms with Crippen LogP contribution in [0.3, 0.4) is 0 Å². The van der Waals surface area contributed by atoms with E-state index in [-0.39, 0.29) is 6.10 Å².